The predicted molar refractivity (Wildman–Crippen MR) is 91.2 cm³/mol. The Morgan fingerprint density at radius 2 is 2.12 bits per heavy atom. The van der Waals surface area contributed by atoms with E-state index in [1.54, 1.807) is 7.11 Å². The smallest absolute Gasteiger partial charge is 0.231 e. The van der Waals surface area contributed by atoms with Gasteiger partial charge in [0, 0.05) is 33.2 Å². The van der Waals surface area contributed by atoms with Crippen molar-refractivity contribution in [2.24, 2.45) is 5.92 Å². The fourth-order valence-electron chi connectivity index (χ4n) is 3.66. The van der Waals surface area contributed by atoms with E-state index >= 15 is 0 Å². The summed E-state index contributed by atoms with van der Waals surface area (Å²) in [5, 5.41) is 4.06. The van der Waals surface area contributed by atoms with E-state index in [0.29, 0.717) is 44.3 Å². The van der Waals surface area contributed by atoms with Crippen LogP contribution in [0.25, 0.3) is 0 Å². The summed E-state index contributed by atoms with van der Waals surface area (Å²) in [5.41, 5.74) is 0. The Kier molecular flexibility index (Phi) is 6.81. The summed E-state index contributed by atoms with van der Waals surface area (Å²) in [7, 11) is 1.61. The average Bonchev–Trinajstić information content (AvgIpc) is 3.37. The quantitative estimate of drug-likeness (QED) is 0.635. The van der Waals surface area contributed by atoms with Crippen LogP contribution in [0.5, 0.6) is 0 Å². The summed E-state index contributed by atoms with van der Waals surface area (Å²) in [6, 6.07) is 0. The second kappa shape index (κ2) is 9.29. The molecule has 1 atom stereocenters. The van der Waals surface area contributed by atoms with Crippen molar-refractivity contribution >= 4 is 5.91 Å². The Bertz CT molecular complexity index is 542. The monoisotopic (exact) mass is 351 g/mol. The lowest BCUT2D eigenvalue weighted by atomic mass is 10.1. The minimum absolute atomic E-state index is 0.129. The van der Waals surface area contributed by atoms with Crippen LogP contribution in [0, 0.1) is 5.92 Å². The number of nitrogens with zero attached hydrogens (tertiary/aromatic N) is 3. The SMILES string of the molecule is COCCC(=O)N1CCC(c2nc(CCOCC3CCCC3)no2)C1. The average molecular weight is 351 g/mol. The molecule has 0 bridgehead atoms. The molecule has 0 N–H and O–H groups in total. The fourth-order valence-corrected chi connectivity index (χ4v) is 3.66. The molecule has 2 fully saturated rings. The van der Waals surface area contributed by atoms with Gasteiger partial charge in [-0.1, -0.05) is 18.0 Å². The van der Waals surface area contributed by atoms with E-state index < -0.39 is 0 Å². The number of carbonyl (C=O) groups is 1. The number of amides is 1. The molecule has 7 heteroatoms. The Morgan fingerprint density at radius 1 is 1.28 bits per heavy atom. The maximum absolute atomic E-state index is 12.0. The first-order chi connectivity index (χ1) is 12.3. The molecule has 1 saturated carbocycles. The topological polar surface area (TPSA) is 77.7 Å². The molecule has 0 spiro atoms. The van der Waals surface area contributed by atoms with E-state index in [2.05, 4.69) is 10.1 Å². The van der Waals surface area contributed by atoms with Crippen LogP contribution >= 0.6 is 0 Å². The van der Waals surface area contributed by atoms with Gasteiger partial charge in [-0.05, 0) is 25.2 Å². The molecule has 0 aromatic carbocycles. The lowest BCUT2D eigenvalue weighted by molar-refractivity contribution is -0.131. The first-order valence-corrected chi connectivity index (χ1v) is 9.43. The van der Waals surface area contributed by atoms with Crippen LogP contribution in [-0.4, -0.2) is 61.0 Å². The number of aromatic nitrogens is 2. The third-order valence-electron chi connectivity index (χ3n) is 5.19. The standard InChI is InChI=1S/C18H29N3O4/c1-23-10-8-17(22)21-9-6-15(12-21)18-19-16(20-25-18)7-11-24-13-14-4-2-3-5-14/h14-15H,2-13H2,1H3. The first kappa shape index (κ1) is 18.3. The number of ether oxygens (including phenoxy) is 2. The van der Waals surface area contributed by atoms with Crippen LogP contribution in [0.1, 0.15) is 56.2 Å². The Hall–Kier alpha value is -1.47. The maximum atomic E-state index is 12.0. The number of hydrogen-bond donors (Lipinski definition) is 0. The summed E-state index contributed by atoms with van der Waals surface area (Å²) in [4.78, 5) is 18.4. The number of methoxy groups -OCH3 is 1. The van der Waals surface area contributed by atoms with Crippen LogP contribution in [0.2, 0.25) is 0 Å². The Morgan fingerprint density at radius 3 is 2.92 bits per heavy atom. The molecule has 7 nitrogen and oxygen atoms in total. The highest BCUT2D eigenvalue weighted by Gasteiger charge is 2.30. The largest absolute Gasteiger partial charge is 0.384 e. The number of likely N-dealkylation sites (tertiary alicyclic amines) is 1. The zero-order chi connectivity index (χ0) is 17.5. The molecule has 3 rings (SSSR count). The molecular weight excluding hydrogens is 322 g/mol. The molecule has 1 aliphatic heterocycles. The molecule has 1 aromatic heterocycles. The van der Waals surface area contributed by atoms with Gasteiger partial charge in [-0.25, -0.2) is 0 Å². The van der Waals surface area contributed by atoms with Gasteiger partial charge in [-0.15, -0.1) is 0 Å². The summed E-state index contributed by atoms with van der Waals surface area (Å²) >= 11 is 0. The van der Waals surface area contributed by atoms with E-state index in [4.69, 9.17) is 14.0 Å². The van der Waals surface area contributed by atoms with Crippen LogP contribution < -0.4 is 0 Å². The highest BCUT2D eigenvalue weighted by atomic mass is 16.5. The number of hydrogen-bond acceptors (Lipinski definition) is 6. The highest BCUT2D eigenvalue weighted by Crippen LogP contribution is 2.27. The summed E-state index contributed by atoms with van der Waals surface area (Å²) in [6.45, 7) is 3.36. The predicted octanol–water partition coefficient (Wildman–Crippen LogP) is 2.17. The van der Waals surface area contributed by atoms with Crippen LogP contribution in [0.15, 0.2) is 4.52 Å². The number of carbonyl (C=O) groups excluding carboxylic acids is 1. The van der Waals surface area contributed by atoms with E-state index in [-0.39, 0.29) is 11.8 Å². The molecule has 0 radical (unpaired) electrons. The van der Waals surface area contributed by atoms with Gasteiger partial charge >= 0.3 is 0 Å². The third-order valence-corrected chi connectivity index (χ3v) is 5.19. The molecule has 1 aliphatic carbocycles. The van der Waals surface area contributed by atoms with Crippen molar-refractivity contribution < 1.29 is 18.8 Å². The second-order valence-electron chi connectivity index (χ2n) is 7.09. The fraction of sp³-hybridized carbons (Fsp3) is 0.833. The van der Waals surface area contributed by atoms with Crippen molar-refractivity contribution in [1.82, 2.24) is 15.0 Å². The zero-order valence-corrected chi connectivity index (χ0v) is 15.1. The van der Waals surface area contributed by atoms with Crippen LogP contribution in [0.4, 0.5) is 0 Å². The first-order valence-electron chi connectivity index (χ1n) is 9.43. The van der Waals surface area contributed by atoms with Gasteiger partial charge in [0.1, 0.15) is 0 Å². The molecule has 1 saturated heterocycles. The van der Waals surface area contributed by atoms with Gasteiger partial charge in [-0.2, -0.15) is 4.98 Å². The summed E-state index contributed by atoms with van der Waals surface area (Å²) < 4.78 is 16.1. The molecule has 2 aliphatic rings. The molecule has 1 unspecified atom stereocenters. The second-order valence-corrected chi connectivity index (χ2v) is 7.09. The van der Waals surface area contributed by atoms with Gasteiger partial charge < -0.3 is 18.9 Å². The van der Waals surface area contributed by atoms with Crippen molar-refractivity contribution in [2.75, 3.05) is 40.0 Å². The Labute approximate surface area is 149 Å². The van der Waals surface area contributed by atoms with Crippen LogP contribution in [-0.2, 0) is 20.7 Å². The van der Waals surface area contributed by atoms with Crippen molar-refractivity contribution in [3.8, 4) is 0 Å². The van der Waals surface area contributed by atoms with Crippen LogP contribution in [0.3, 0.4) is 0 Å². The van der Waals surface area contributed by atoms with Crippen molar-refractivity contribution in [3.63, 3.8) is 0 Å². The molecule has 1 aromatic rings. The molecular formula is C18H29N3O4. The summed E-state index contributed by atoms with van der Waals surface area (Å²) in [6.07, 6.45) is 7.26. The van der Waals surface area contributed by atoms with E-state index in [1.807, 2.05) is 4.90 Å². The summed E-state index contributed by atoms with van der Waals surface area (Å²) in [5.74, 6) is 2.36. The minimum atomic E-state index is 0.129. The van der Waals surface area contributed by atoms with E-state index in [9.17, 15) is 4.79 Å². The van der Waals surface area contributed by atoms with Gasteiger partial charge in [-0.3, -0.25) is 4.79 Å². The normalized spacial score (nSPS) is 21.3. The van der Waals surface area contributed by atoms with Gasteiger partial charge in [0.15, 0.2) is 5.82 Å². The van der Waals surface area contributed by atoms with E-state index in [1.165, 1.54) is 25.7 Å². The van der Waals surface area contributed by atoms with E-state index in [0.717, 1.165) is 25.5 Å². The lowest BCUT2D eigenvalue weighted by Gasteiger charge is -2.15. The van der Waals surface area contributed by atoms with Crippen molar-refractivity contribution in [3.05, 3.63) is 11.7 Å². The van der Waals surface area contributed by atoms with Crippen molar-refractivity contribution in [1.29, 1.82) is 0 Å². The van der Waals surface area contributed by atoms with Gasteiger partial charge in [0.2, 0.25) is 11.8 Å². The Balaban J connectivity index is 1.38. The minimum Gasteiger partial charge on any atom is -0.384 e. The zero-order valence-electron chi connectivity index (χ0n) is 15.1. The molecule has 2 heterocycles. The molecule has 1 amide bonds. The molecule has 25 heavy (non-hydrogen) atoms. The maximum Gasteiger partial charge on any atom is 0.231 e. The highest BCUT2D eigenvalue weighted by molar-refractivity contribution is 5.76. The third kappa shape index (κ3) is 5.25. The lowest BCUT2D eigenvalue weighted by Crippen LogP contribution is -2.29. The van der Waals surface area contributed by atoms with Gasteiger partial charge in [0.05, 0.1) is 25.6 Å². The molecule has 140 valence electrons. The van der Waals surface area contributed by atoms with Crippen molar-refractivity contribution in [2.45, 2.75) is 50.9 Å². The number of rotatable bonds is 9. The van der Waals surface area contributed by atoms with Gasteiger partial charge in [0.25, 0.3) is 0 Å².